The van der Waals surface area contributed by atoms with Gasteiger partial charge in [0.15, 0.2) is 0 Å². The van der Waals surface area contributed by atoms with E-state index in [1.807, 2.05) is 0 Å². The number of Topliss-reactive ketones (excluding diaryl/α,β-unsaturated/α-hetero) is 1. The maximum absolute atomic E-state index is 12.1. The number of carbonyl (C=O) groups is 1. The highest BCUT2D eigenvalue weighted by Crippen LogP contribution is 2.23. The summed E-state index contributed by atoms with van der Waals surface area (Å²) in [6.45, 7) is 0. The van der Waals surface area contributed by atoms with E-state index in [-0.39, 0.29) is 10.6 Å². The Morgan fingerprint density at radius 1 is 1.39 bits per heavy atom. The van der Waals surface area contributed by atoms with Crippen molar-refractivity contribution in [2.24, 2.45) is 0 Å². The lowest BCUT2D eigenvalue weighted by Crippen LogP contribution is -2.27. The first-order valence-corrected chi connectivity index (χ1v) is 4.83. The van der Waals surface area contributed by atoms with Gasteiger partial charge in [-0.05, 0) is 17.7 Å². The summed E-state index contributed by atoms with van der Waals surface area (Å²) in [5.41, 5.74) is -1.52. The van der Waals surface area contributed by atoms with Crippen LogP contribution in [0.3, 0.4) is 0 Å². The van der Waals surface area contributed by atoms with Crippen LogP contribution < -0.4 is 0 Å². The molecule has 1 rings (SSSR count). The second-order valence-electron chi connectivity index (χ2n) is 3.17. The number of benzene rings is 1. The molecule has 0 aliphatic heterocycles. The molecule has 8 heteroatoms. The summed E-state index contributed by atoms with van der Waals surface area (Å²) in [4.78, 5) is 19.9. The van der Waals surface area contributed by atoms with Crippen molar-refractivity contribution in [3.63, 3.8) is 0 Å². The zero-order valence-electron chi connectivity index (χ0n) is 8.57. The van der Waals surface area contributed by atoms with Crippen molar-refractivity contribution in [1.82, 2.24) is 0 Å². The number of nitro groups is 1. The van der Waals surface area contributed by atoms with Crippen LogP contribution in [0.1, 0.15) is 5.56 Å². The highest BCUT2D eigenvalue weighted by Gasteiger charge is 2.46. The minimum Gasteiger partial charge on any atom is -0.277 e. The zero-order chi connectivity index (χ0) is 13.9. The second-order valence-corrected chi connectivity index (χ2v) is 3.61. The van der Waals surface area contributed by atoms with Crippen LogP contribution in [0.15, 0.2) is 30.0 Å². The van der Waals surface area contributed by atoms with Gasteiger partial charge in [-0.1, -0.05) is 23.7 Å². The zero-order valence-corrected chi connectivity index (χ0v) is 9.33. The molecule has 4 nitrogen and oxygen atoms in total. The molecular formula is C10H5ClF3NO3. The summed E-state index contributed by atoms with van der Waals surface area (Å²) in [6, 6.07) is 5.33. The van der Waals surface area contributed by atoms with Gasteiger partial charge in [-0.25, -0.2) is 0 Å². The van der Waals surface area contributed by atoms with Gasteiger partial charge in [0.1, 0.15) is 0 Å². The Morgan fingerprint density at radius 2 is 2.00 bits per heavy atom. The largest absolute Gasteiger partial charge is 0.461 e. The maximum atomic E-state index is 12.1. The lowest BCUT2D eigenvalue weighted by Gasteiger charge is -2.02. The van der Waals surface area contributed by atoms with Gasteiger partial charge in [-0.2, -0.15) is 13.2 Å². The fourth-order valence-electron chi connectivity index (χ4n) is 1.10. The van der Waals surface area contributed by atoms with Crippen LogP contribution in [0.5, 0.6) is 0 Å². The average molecular weight is 280 g/mol. The van der Waals surface area contributed by atoms with E-state index in [4.69, 9.17) is 11.6 Å². The number of halogens is 4. The lowest BCUT2D eigenvalue weighted by molar-refractivity contribution is -0.419. The fraction of sp³-hybridized carbons (Fsp3) is 0.100. The molecule has 0 amide bonds. The Balaban J connectivity index is 3.22. The number of hydrogen-bond donors (Lipinski definition) is 0. The number of hydrogen-bond acceptors (Lipinski definition) is 3. The van der Waals surface area contributed by atoms with E-state index < -0.39 is 22.6 Å². The van der Waals surface area contributed by atoms with Crippen LogP contribution in [-0.4, -0.2) is 16.9 Å². The first-order chi connectivity index (χ1) is 8.21. The standard InChI is InChI=1S/C10H5ClF3NO3/c11-7-3-1-2-6(4-7)5-8(15(17)18)9(16)10(12,13)14/h1-5H. The molecule has 0 bridgehead atoms. The van der Waals surface area contributed by atoms with Gasteiger partial charge in [0.25, 0.3) is 0 Å². The molecular weight excluding hydrogens is 275 g/mol. The van der Waals surface area contributed by atoms with Gasteiger partial charge in [0, 0.05) is 11.1 Å². The number of rotatable bonds is 3. The summed E-state index contributed by atoms with van der Waals surface area (Å²) >= 11 is 5.57. The smallest absolute Gasteiger partial charge is 0.277 e. The van der Waals surface area contributed by atoms with E-state index in [2.05, 4.69) is 0 Å². The molecule has 0 saturated heterocycles. The summed E-state index contributed by atoms with van der Waals surface area (Å²) in [5.74, 6) is -2.51. The highest BCUT2D eigenvalue weighted by molar-refractivity contribution is 6.30. The average Bonchev–Trinajstić information content (AvgIpc) is 2.23. The summed E-state index contributed by atoms with van der Waals surface area (Å²) in [5, 5.41) is 10.6. The van der Waals surface area contributed by atoms with Gasteiger partial charge in [-0.3, -0.25) is 14.9 Å². The molecule has 18 heavy (non-hydrogen) atoms. The molecule has 1 aromatic rings. The Bertz CT molecular complexity index is 525. The minimum atomic E-state index is -5.29. The van der Waals surface area contributed by atoms with Crippen molar-refractivity contribution < 1.29 is 22.9 Å². The Labute approximate surface area is 104 Å². The third-order valence-electron chi connectivity index (χ3n) is 1.84. The topological polar surface area (TPSA) is 60.2 Å². The highest BCUT2D eigenvalue weighted by atomic mass is 35.5. The van der Waals surface area contributed by atoms with Crippen molar-refractivity contribution in [2.45, 2.75) is 6.18 Å². The van der Waals surface area contributed by atoms with Crippen molar-refractivity contribution in [3.05, 3.63) is 50.7 Å². The molecule has 0 atom stereocenters. The monoisotopic (exact) mass is 279 g/mol. The molecule has 0 unspecified atom stereocenters. The number of allylic oxidation sites excluding steroid dienone is 1. The van der Waals surface area contributed by atoms with E-state index in [1.165, 1.54) is 24.3 Å². The molecule has 1 aromatic carbocycles. The third-order valence-corrected chi connectivity index (χ3v) is 2.07. The number of ketones is 1. The van der Waals surface area contributed by atoms with Crippen LogP contribution in [-0.2, 0) is 4.79 Å². The summed E-state index contributed by atoms with van der Waals surface area (Å²) in [7, 11) is 0. The van der Waals surface area contributed by atoms with Crippen molar-refractivity contribution in [3.8, 4) is 0 Å². The van der Waals surface area contributed by atoms with Crippen molar-refractivity contribution in [1.29, 1.82) is 0 Å². The van der Waals surface area contributed by atoms with E-state index in [0.717, 1.165) is 0 Å². The van der Waals surface area contributed by atoms with Crippen LogP contribution in [0, 0.1) is 10.1 Å². The molecule has 0 spiro atoms. The number of carbonyl (C=O) groups excluding carboxylic acids is 1. The minimum absolute atomic E-state index is 0.0341. The summed E-state index contributed by atoms with van der Waals surface area (Å²) in [6.07, 6.45) is -4.76. The van der Waals surface area contributed by atoms with E-state index >= 15 is 0 Å². The first-order valence-electron chi connectivity index (χ1n) is 4.45. The van der Waals surface area contributed by atoms with Crippen LogP contribution >= 0.6 is 11.6 Å². The molecule has 0 aliphatic rings. The van der Waals surface area contributed by atoms with E-state index in [1.54, 1.807) is 0 Å². The predicted octanol–water partition coefficient (Wildman–Crippen LogP) is 3.09. The Morgan fingerprint density at radius 3 is 2.44 bits per heavy atom. The normalized spacial score (nSPS) is 12.3. The first kappa shape index (κ1) is 14.2. The molecule has 0 fully saturated rings. The molecule has 0 aliphatic carbocycles. The number of nitrogens with zero attached hydrogens (tertiary/aromatic N) is 1. The van der Waals surface area contributed by atoms with Crippen LogP contribution in [0.2, 0.25) is 5.02 Å². The van der Waals surface area contributed by atoms with Crippen molar-refractivity contribution in [2.75, 3.05) is 0 Å². The molecule has 96 valence electrons. The molecule has 0 aromatic heterocycles. The third kappa shape index (κ3) is 3.56. The number of alkyl halides is 3. The SMILES string of the molecule is O=C(C(=Cc1cccc(Cl)c1)[N+](=O)[O-])C(F)(F)F. The van der Waals surface area contributed by atoms with Gasteiger partial charge in [0.05, 0.1) is 4.92 Å². The maximum Gasteiger partial charge on any atom is 0.461 e. The summed E-state index contributed by atoms with van der Waals surface area (Å²) < 4.78 is 36.4. The second kappa shape index (κ2) is 5.18. The molecule has 0 radical (unpaired) electrons. The molecule has 0 heterocycles. The molecule has 0 N–H and O–H groups in total. The van der Waals surface area contributed by atoms with E-state index in [0.29, 0.717) is 6.08 Å². The Kier molecular flexibility index (Phi) is 4.07. The van der Waals surface area contributed by atoms with Gasteiger partial charge in [0.2, 0.25) is 0 Å². The van der Waals surface area contributed by atoms with Crippen LogP contribution in [0.25, 0.3) is 6.08 Å². The predicted molar refractivity (Wildman–Crippen MR) is 57.5 cm³/mol. The molecule has 0 saturated carbocycles. The van der Waals surface area contributed by atoms with Gasteiger partial charge >= 0.3 is 17.7 Å². The lowest BCUT2D eigenvalue weighted by atomic mass is 10.1. The van der Waals surface area contributed by atoms with Crippen molar-refractivity contribution >= 4 is 23.5 Å². The van der Waals surface area contributed by atoms with Crippen LogP contribution in [0.4, 0.5) is 13.2 Å². The van der Waals surface area contributed by atoms with E-state index in [9.17, 15) is 28.1 Å². The Hall–Kier alpha value is -1.89. The van der Waals surface area contributed by atoms with Gasteiger partial charge < -0.3 is 0 Å². The quantitative estimate of drug-likeness (QED) is 0.485. The fourth-order valence-corrected chi connectivity index (χ4v) is 1.30. The van der Waals surface area contributed by atoms with Gasteiger partial charge in [-0.15, -0.1) is 0 Å².